The Morgan fingerprint density at radius 1 is 1.08 bits per heavy atom. The van der Waals surface area contributed by atoms with Gasteiger partial charge in [0.25, 0.3) is 0 Å². The molecule has 6 heteroatoms. The lowest BCUT2D eigenvalue weighted by molar-refractivity contribution is 0.116. The minimum Gasteiger partial charge on any atom is -0.317 e. The normalized spacial score (nSPS) is 18.4. The van der Waals surface area contributed by atoms with Crippen LogP contribution in [0.5, 0.6) is 0 Å². The highest BCUT2D eigenvalue weighted by molar-refractivity contribution is 5.89. The van der Waals surface area contributed by atoms with Crippen LogP contribution in [0.4, 0.5) is 10.5 Å². The zero-order valence-corrected chi connectivity index (χ0v) is 14.0. The third kappa shape index (κ3) is 3.49. The zero-order valence-electron chi connectivity index (χ0n) is 14.0. The van der Waals surface area contributed by atoms with E-state index in [0.717, 1.165) is 18.7 Å². The van der Waals surface area contributed by atoms with Gasteiger partial charge in [-0.3, -0.25) is 4.79 Å². The third-order valence-corrected chi connectivity index (χ3v) is 4.37. The number of hydrogen-bond donors (Lipinski definition) is 1. The van der Waals surface area contributed by atoms with Crippen molar-refractivity contribution in [2.45, 2.75) is 6.04 Å². The average molecular weight is 326 g/mol. The first-order valence-electron chi connectivity index (χ1n) is 8.02. The van der Waals surface area contributed by atoms with Gasteiger partial charge in [0.05, 0.1) is 11.7 Å². The number of urea groups is 1. The van der Waals surface area contributed by atoms with Crippen LogP contribution < -0.4 is 10.9 Å². The van der Waals surface area contributed by atoms with Crippen LogP contribution in [-0.2, 0) is 7.05 Å². The van der Waals surface area contributed by atoms with E-state index in [2.05, 4.69) is 29.4 Å². The van der Waals surface area contributed by atoms with E-state index < -0.39 is 0 Å². The second kappa shape index (κ2) is 6.88. The van der Waals surface area contributed by atoms with E-state index in [9.17, 15) is 9.59 Å². The van der Waals surface area contributed by atoms with Crippen molar-refractivity contribution in [3.8, 4) is 0 Å². The highest BCUT2D eigenvalue weighted by Crippen LogP contribution is 2.25. The van der Waals surface area contributed by atoms with Crippen molar-refractivity contribution < 1.29 is 4.79 Å². The fraction of sp³-hybridized carbons (Fsp3) is 0.333. The summed E-state index contributed by atoms with van der Waals surface area (Å²) in [5, 5.41) is 2.90. The summed E-state index contributed by atoms with van der Waals surface area (Å²) < 4.78 is 1.45. The van der Waals surface area contributed by atoms with Crippen molar-refractivity contribution in [1.29, 1.82) is 0 Å². The highest BCUT2D eigenvalue weighted by atomic mass is 16.2. The number of aryl methyl sites for hydroxylation is 1. The fourth-order valence-electron chi connectivity index (χ4n) is 2.99. The first kappa shape index (κ1) is 16.3. The fourth-order valence-corrected chi connectivity index (χ4v) is 2.99. The van der Waals surface area contributed by atoms with E-state index in [4.69, 9.17) is 0 Å². The number of piperazine rings is 1. The molecule has 0 bridgehead atoms. The van der Waals surface area contributed by atoms with Gasteiger partial charge in [-0.2, -0.15) is 0 Å². The topological polar surface area (TPSA) is 57.6 Å². The molecule has 24 heavy (non-hydrogen) atoms. The Labute approximate surface area is 141 Å². The third-order valence-electron chi connectivity index (χ3n) is 4.37. The molecule has 1 fully saturated rings. The summed E-state index contributed by atoms with van der Waals surface area (Å²) in [4.78, 5) is 28.3. The number of hydrogen-bond acceptors (Lipinski definition) is 3. The smallest absolute Gasteiger partial charge is 0.317 e. The van der Waals surface area contributed by atoms with Crippen molar-refractivity contribution in [1.82, 2.24) is 14.4 Å². The summed E-state index contributed by atoms with van der Waals surface area (Å²) >= 11 is 0. The van der Waals surface area contributed by atoms with Crippen LogP contribution in [0, 0.1) is 0 Å². The Morgan fingerprint density at radius 3 is 2.54 bits per heavy atom. The van der Waals surface area contributed by atoms with Gasteiger partial charge < -0.3 is 19.7 Å². The number of rotatable bonds is 2. The molecule has 0 spiro atoms. The Kier molecular flexibility index (Phi) is 4.66. The molecule has 0 unspecified atom stereocenters. The first-order valence-corrected chi connectivity index (χ1v) is 8.02. The molecular weight excluding hydrogens is 304 g/mol. The quantitative estimate of drug-likeness (QED) is 0.917. The summed E-state index contributed by atoms with van der Waals surface area (Å²) in [5.74, 6) is 0. The van der Waals surface area contributed by atoms with Crippen molar-refractivity contribution >= 4 is 11.7 Å². The van der Waals surface area contributed by atoms with Crippen LogP contribution in [-0.4, -0.2) is 47.1 Å². The van der Waals surface area contributed by atoms with Gasteiger partial charge in [-0.05, 0) is 18.7 Å². The van der Waals surface area contributed by atoms with Crippen molar-refractivity contribution in [3.05, 3.63) is 64.6 Å². The van der Waals surface area contributed by atoms with E-state index in [0.29, 0.717) is 12.2 Å². The molecule has 0 radical (unpaired) electrons. The van der Waals surface area contributed by atoms with Gasteiger partial charge in [0, 0.05) is 38.9 Å². The number of carbonyl (C=O) groups excluding carboxylic acids is 1. The van der Waals surface area contributed by atoms with E-state index in [1.807, 2.05) is 23.1 Å². The van der Waals surface area contributed by atoms with Crippen molar-refractivity contribution in [2.24, 2.45) is 7.05 Å². The molecule has 1 aliphatic rings. The molecule has 6 nitrogen and oxygen atoms in total. The number of nitrogens with zero attached hydrogens (tertiary/aromatic N) is 3. The number of pyridine rings is 1. The Balaban J connectivity index is 1.80. The van der Waals surface area contributed by atoms with Gasteiger partial charge in [-0.15, -0.1) is 0 Å². The largest absolute Gasteiger partial charge is 0.322 e. The molecule has 0 saturated carbocycles. The molecule has 126 valence electrons. The second-order valence-electron chi connectivity index (χ2n) is 6.18. The molecule has 1 aromatic heterocycles. The maximum absolute atomic E-state index is 12.8. The highest BCUT2D eigenvalue weighted by Gasteiger charge is 2.30. The number of amides is 2. The van der Waals surface area contributed by atoms with Crippen LogP contribution in [0.3, 0.4) is 0 Å². The van der Waals surface area contributed by atoms with Crippen LogP contribution in [0.1, 0.15) is 11.6 Å². The van der Waals surface area contributed by atoms with Gasteiger partial charge in [-0.1, -0.05) is 30.3 Å². The Morgan fingerprint density at radius 2 is 1.83 bits per heavy atom. The first-order chi connectivity index (χ1) is 11.5. The van der Waals surface area contributed by atoms with E-state index in [1.54, 1.807) is 19.3 Å². The van der Waals surface area contributed by atoms with Crippen molar-refractivity contribution in [2.75, 3.05) is 32.0 Å². The maximum atomic E-state index is 12.8. The average Bonchev–Trinajstić information content (AvgIpc) is 2.59. The minimum atomic E-state index is -0.143. The van der Waals surface area contributed by atoms with Gasteiger partial charge in [0.2, 0.25) is 5.56 Å². The lowest BCUT2D eigenvalue weighted by Crippen LogP contribution is -2.50. The molecule has 3 rings (SSSR count). The summed E-state index contributed by atoms with van der Waals surface area (Å²) in [6.45, 7) is 2.29. The predicted octanol–water partition coefficient (Wildman–Crippen LogP) is 1.91. The van der Waals surface area contributed by atoms with E-state index in [-0.39, 0.29) is 17.6 Å². The molecule has 1 atom stereocenters. The van der Waals surface area contributed by atoms with Gasteiger partial charge >= 0.3 is 6.03 Å². The molecular formula is C18H22N4O2. The molecule has 1 N–H and O–H groups in total. The molecule has 1 aliphatic heterocycles. The number of likely N-dealkylation sites (N-methyl/N-ethyl adjacent to an activating group) is 1. The number of carbonyl (C=O) groups is 1. The predicted molar refractivity (Wildman–Crippen MR) is 94.1 cm³/mol. The molecule has 2 heterocycles. The van der Waals surface area contributed by atoms with Crippen LogP contribution in [0.2, 0.25) is 0 Å². The summed E-state index contributed by atoms with van der Waals surface area (Å²) in [6.07, 6.45) is 1.63. The number of anilines is 1. The van der Waals surface area contributed by atoms with Gasteiger partial charge in [0.15, 0.2) is 0 Å². The number of aromatic nitrogens is 1. The Hall–Kier alpha value is -2.60. The lowest BCUT2D eigenvalue weighted by Gasteiger charge is -2.40. The van der Waals surface area contributed by atoms with Gasteiger partial charge in [-0.25, -0.2) is 4.79 Å². The molecule has 1 aromatic carbocycles. The van der Waals surface area contributed by atoms with E-state index in [1.165, 1.54) is 10.6 Å². The maximum Gasteiger partial charge on any atom is 0.322 e. The van der Waals surface area contributed by atoms with Crippen LogP contribution in [0.15, 0.2) is 53.5 Å². The monoisotopic (exact) mass is 326 g/mol. The van der Waals surface area contributed by atoms with Crippen LogP contribution >= 0.6 is 0 Å². The van der Waals surface area contributed by atoms with E-state index >= 15 is 0 Å². The SMILES string of the molecule is CN1CCN(C(=O)Nc2ccc(=O)n(C)c2)[C@@H](c2ccccc2)C1. The molecule has 2 amide bonds. The second-order valence-corrected chi connectivity index (χ2v) is 6.18. The Bertz CT molecular complexity index is 772. The summed E-state index contributed by atoms with van der Waals surface area (Å²) in [5.41, 5.74) is 1.64. The zero-order chi connectivity index (χ0) is 17.1. The molecule has 1 saturated heterocycles. The number of benzene rings is 1. The number of nitrogens with one attached hydrogen (secondary N) is 1. The summed E-state index contributed by atoms with van der Waals surface area (Å²) in [6, 6.07) is 13.0. The molecule has 2 aromatic rings. The van der Waals surface area contributed by atoms with Gasteiger partial charge in [0.1, 0.15) is 0 Å². The standard InChI is InChI=1S/C18H22N4O2/c1-20-10-11-22(16(13-20)14-6-4-3-5-7-14)18(24)19-15-8-9-17(23)21(2)12-15/h3-9,12,16H,10-11,13H2,1-2H3,(H,19,24)/t16-/m1/s1. The summed E-state index contributed by atoms with van der Waals surface area (Å²) in [7, 11) is 3.73. The minimum absolute atomic E-state index is 0.0116. The van der Waals surface area contributed by atoms with Crippen molar-refractivity contribution in [3.63, 3.8) is 0 Å². The van der Waals surface area contributed by atoms with Crippen LogP contribution in [0.25, 0.3) is 0 Å². The lowest BCUT2D eigenvalue weighted by atomic mass is 10.0. The molecule has 0 aliphatic carbocycles.